The third-order valence-corrected chi connectivity index (χ3v) is 2.97. The molecule has 2 heteroatoms. The Balaban J connectivity index is 2.25. The van der Waals surface area contributed by atoms with E-state index >= 15 is 0 Å². The maximum atomic E-state index is 5.94. The summed E-state index contributed by atoms with van der Waals surface area (Å²) in [7, 11) is 0. The molecule has 2 N–H and O–H groups in total. The summed E-state index contributed by atoms with van der Waals surface area (Å²) in [5.41, 5.74) is 8.17. The van der Waals surface area contributed by atoms with Gasteiger partial charge in [-0.3, -0.25) is 0 Å². The predicted molar refractivity (Wildman–Crippen MR) is 74.9 cm³/mol. The van der Waals surface area contributed by atoms with E-state index in [9.17, 15) is 0 Å². The third-order valence-electron chi connectivity index (χ3n) is 2.97. The van der Waals surface area contributed by atoms with Crippen LogP contribution in [0.4, 0.5) is 0 Å². The van der Waals surface area contributed by atoms with Gasteiger partial charge in [0.05, 0.1) is 0 Å². The first kappa shape index (κ1) is 12.7. The molecule has 0 aliphatic carbocycles. The fourth-order valence-electron chi connectivity index (χ4n) is 1.88. The van der Waals surface area contributed by atoms with Crippen molar-refractivity contribution in [1.82, 2.24) is 0 Å². The average Bonchev–Trinajstić information content (AvgIpc) is 2.39. The van der Waals surface area contributed by atoms with Crippen LogP contribution in [0.5, 0.6) is 11.5 Å². The second kappa shape index (κ2) is 5.69. The summed E-state index contributed by atoms with van der Waals surface area (Å²) in [5.74, 6) is 1.76. The monoisotopic (exact) mass is 241 g/mol. The van der Waals surface area contributed by atoms with Gasteiger partial charge in [-0.15, -0.1) is 0 Å². The maximum absolute atomic E-state index is 5.94. The Bertz CT molecular complexity index is 520. The molecule has 18 heavy (non-hydrogen) atoms. The van der Waals surface area contributed by atoms with E-state index in [4.69, 9.17) is 10.5 Å². The molecule has 0 bridgehead atoms. The SMILES string of the molecule is CCc1ccccc1Oc1cccc(C(C)N)c1. The van der Waals surface area contributed by atoms with Crippen molar-refractivity contribution in [3.8, 4) is 11.5 Å². The fourth-order valence-corrected chi connectivity index (χ4v) is 1.88. The van der Waals surface area contributed by atoms with Crippen LogP contribution in [-0.2, 0) is 6.42 Å². The molecule has 0 radical (unpaired) electrons. The van der Waals surface area contributed by atoms with Crippen LogP contribution in [0.1, 0.15) is 31.0 Å². The number of hydrogen-bond donors (Lipinski definition) is 1. The summed E-state index contributed by atoms with van der Waals surface area (Å²) in [4.78, 5) is 0. The van der Waals surface area contributed by atoms with E-state index in [1.165, 1.54) is 5.56 Å². The van der Waals surface area contributed by atoms with Gasteiger partial charge in [-0.2, -0.15) is 0 Å². The highest BCUT2D eigenvalue weighted by atomic mass is 16.5. The number of nitrogens with two attached hydrogens (primary N) is 1. The van der Waals surface area contributed by atoms with Gasteiger partial charge in [0.15, 0.2) is 0 Å². The number of ether oxygens (including phenoxy) is 1. The maximum Gasteiger partial charge on any atom is 0.130 e. The molecule has 0 saturated heterocycles. The molecule has 0 aliphatic heterocycles. The molecule has 2 aromatic carbocycles. The van der Waals surface area contributed by atoms with Gasteiger partial charge in [-0.05, 0) is 42.7 Å². The highest BCUT2D eigenvalue weighted by Crippen LogP contribution is 2.27. The number of para-hydroxylation sites is 1. The largest absolute Gasteiger partial charge is 0.457 e. The lowest BCUT2D eigenvalue weighted by atomic mass is 10.1. The van der Waals surface area contributed by atoms with Crippen molar-refractivity contribution in [2.45, 2.75) is 26.3 Å². The molecule has 0 saturated carbocycles. The highest BCUT2D eigenvalue weighted by Gasteiger charge is 2.04. The van der Waals surface area contributed by atoms with Gasteiger partial charge in [-0.1, -0.05) is 37.3 Å². The zero-order valence-corrected chi connectivity index (χ0v) is 10.9. The third kappa shape index (κ3) is 2.90. The number of hydrogen-bond acceptors (Lipinski definition) is 2. The van der Waals surface area contributed by atoms with Crippen molar-refractivity contribution in [3.63, 3.8) is 0 Å². The predicted octanol–water partition coefficient (Wildman–Crippen LogP) is 4.06. The van der Waals surface area contributed by atoms with E-state index < -0.39 is 0 Å². The molecular weight excluding hydrogens is 222 g/mol. The summed E-state index contributed by atoms with van der Waals surface area (Å²) < 4.78 is 5.94. The molecule has 1 unspecified atom stereocenters. The van der Waals surface area contributed by atoms with E-state index in [0.717, 1.165) is 23.5 Å². The minimum Gasteiger partial charge on any atom is -0.457 e. The van der Waals surface area contributed by atoms with Gasteiger partial charge >= 0.3 is 0 Å². The molecule has 0 fully saturated rings. The Morgan fingerprint density at radius 1 is 1.11 bits per heavy atom. The number of rotatable bonds is 4. The smallest absolute Gasteiger partial charge is 0.130 e. The van der Waals surface area contributed by atoms with E-state index in [1.54, 1.807) is 0 Å². The van der Waals surface area contributed by atoms with E-state index in [1.807, 2.05) is 49.4 Å². The lowest BCUT2D eigenvalue weighted by Gasteiger charge is -2.12. The Kier molecular flexibility index (Phi) is 4.00. The van der Waals surface area contributed by atoms with Crippen molar-refractivity contribution in [3.05, 3.63) is 59.7 Å². The molecule has 2 nitrogen and oxygen atoms in total. The molecule has 2 rings (SSSR count). The standard InChI is InChI=1S/C16H19NO/c1-3-13-7-4-5-10-16(13)18-15-9-6-8-14(11-15)12(2)17/h4-12H,3,17H2,1-2H3. The first-order chi connectivity index (χ1) is 8.70. The first-order valence-corrected chi connectivity index (χ1v) is 6.32. The Morgan fingerprint density at radius 2 is 1.89 bits per heavy atom. The highest BCUT2D eigenvalue weighted by molar-refractivity contribution is 5.39. The fraction of sp³-hybridized carbons (Fsp3) is 0.250. The number of aryl methyl sites for hydroxylation is 1. The van der Waals surface area contributed by atoms with Crippen LogP contribution in [0.15, 0.2) is 48.5 Å². The molecule has 0 spiro atoms. The summed E-state index contributed by atoms with van der Waals surface area (Å²) in [6.07, 6.45) is 0.961. The van der Waals surface area contributed by atoms with Crippen LogP contribution in [0.2, 0.25) is 0 Å². The molecule has 0 heterocycles. The summed E-state index contributed by atoms with van der Waals surface area (Å²) in [5, 5.41) is 0. The van der Waals surface area contributed by atoms with E-state index in [0.29, 0.717) is 0 Å². The van der Waals surface area contributed by atoms with Crippen LogP contribution in [0.3, 0.4) is 0 Å². The van der Waals surface area contributed by atoms with Gasteiger partial charge in [0.2, 0.25) is 0 Å². The molecule has 1 atom stereocenters. The minimum absolute atomic E-state index is 0.0231. The van der Waals surface area contributed by atoms with Crippen molar-refractivity contribution in [2.24, 2.45) is 5.73 Å². The minimum atomic E-state index is 0.0231. The molecular formula is C16H19NO. The van der Waals surface area contributed by atoms with Crippen LogP contribution < -0.4 is 10.5 Å². The zero-order chi connectivity index (χ0) is 13.0. The van der Waals surface area contributed by atoms with Gasteiger partial charge in [0.1, 0.15) is 11.5 Å². The summed E-state index contributed by atoms with van der Waals surface area (Å²) in [6.45, 7) is 4.10. The molecule has 94 valence electrons. The lowest BCUT2D eigenvalue weighted by Crippen LogP contribution is -2.04. The van der Waals surface area contributed by atoms with Crippen LogP contribution >= 0.6 is 0 Å². The Morgan fingerprint density at radius 3 is 2.61 bits per heavy atom. The first-order valence-electron chi connectivity index (χ1n) is 6.32. The summed E-state index contributed by atoms with van der Waals surface area (Å²) in [6, 6.07) is 16.1. The van der Waals surface area contributed by atoms with Crippen LogP contribution in [0.25, 0.3) is 0 Å². The Labute approximate surface area is 108 Å². The zero-order valence-electron chi connectivity index (χ0n) is 10.9. The Hall–Kier alpha value is -1.80. The van der Waals surface area contributed by atoms with Crippen LogP contribution in [-0.4, -0.2) is 0 Å². The van der Waals surface area contributed by atoms with Gasteiger partial charge in [0, 0.05) is 6.04 Å². The topological polar surface area (TPSA) is 35.2 Å². The van der Waals surface area contributed by atoms with Crippen LogP contribution in [0, 0.1) is 0 Å². The molecule has 2 aromatic rings. The van der Waals surface area contributed by atoms with E-state index in [-0.39, 0.29) is 6.04 Å². The summed E-state index contributed by atoms with van der Waals surface area (Å²) >= 11 is 0. The van der Waals surface area contributed by atoms with E-state index in [2.05, 4.69) is 13.0 Å². The van der Waals surface area contributed by atoms with Gasteiger partial charge < -0.3 is 10.5 Å². The quantitative estimate of drug-likeness (QED) is 0.876. The normalized spacial score (nSPS) is 12.2. The van der Waals surface area contributed by atoms with Crippen molar-refractivity contribution in [2.75, 3.05) is 0 Å². The number of benzene rings is 2. The second-order valence-corrected chi connectivity index (χ2v) is 4.42. The average molecular weight is 241 g/mol. The second-order valence-electron chi connectivity index (χ2n) is 4.42. The van der Waals surface area contributed by atoms with Crippen molar-refractivity contribution in [1.29, 1.82) is 0 Å². The molecule has 0 amide bonds. The van der Waals surface area contributed by atoms with Crippen molar-refractivity contribution < 1.29 is 4.74 Å². The molecule has 0 aromatic heterocycles. The molecule has 0 aliphatic rings. The van der Waals surface area contributed by atoms with Crippen molar-refractivity contribution >= 4 is 0 Å². The van der Waals surface area contributed by atoms with Gasteiger partial charge in [0.25, 0.3) is 0 Å². The lowest BCUT2D eigenvalue weighted by molar-refractivity contribution is 0.475. The van der Waals surface area contributed by atoms with Gasteiger partial charge in [-0.25, -0.2) is 0 Å².